The van der Waals surface area contributed by atoms with Crippen molar-refractivity contribution < 1.29 is 34.1 Å². The van der Waals surface area contributed by atoms with Crippen molar-refractivity contribution in [2.24, 2.45) is 50.2 Å². The Kier molecular flexibility index (Phi) is 7.99. The van der Waals surface area contributed by atoms with E-state index in [1.807, 2.05) is 13.0 Å². The van der Waals surface area contributed by atoms with E-state index in [9.17, 15) is 24.3 Å². The molecule has 0 aliphatic heterocycles. The van der Waals surface area contributed by atoms with Crippen LogP contribution in [0.3, 0.4) is 0 Å². The van der Waals surface area contributed by atoms with Crippen LogP contribution in [0.25, 0.3) is 0 Å². The van der Waals surface area contributed by atoms with Gasteiger partial charge in [0.15, 0.2) is 5.78 Å². The lowest BCUT2D eigenvalue weighted by Gasteiger charge is -2.68. The van der Waals surface area contributed by atoms with Crippen molar-refractivity contribution in [1.82, 2.24) is 0 Å². The molecule has 0 aromatic rings. The molecule has 0 aromatic carbocycles. The first kappa shape index (κ1) is 32.5. The molecule has 7 nitrogen and oxygen atoms in total. The second-order valence-corrected chi connectivity index (χ2v) is 16.2. The third kappa shape index (κ3) is 4.77. The largest absolute Gasteiger partial charge is 0.481 e. The molecule has 0 heterocycles. The van der Waals surface area contributed by atoms with Gasteiger partial charge in [-0.2, -0.15) is 0 Å². The minimum Gasteiger partial charge on any atom is -0.481 e. The molecule has 0 saturated heterocycles. The van der Waals surface area contributed by atoms with E-state index < -0.39 is 40.3 Å². The number of carboxylic acid groups (broad SMARTS) is 2. The van der Waals surface area contributed by atoms with Gasteiger partial charge in [-0.3, -0.25) is 19.2 Å². The van der Waals surface area contributed by atoms with E-state index in [1.54, 1.807) is 6.08 Å². The number of ether oxygens (including phenoxy) is 1. The molecule has 234 valence electrons. The van der Waals surface area contributed by atoms with Gasteiger partial charge in [-0.15, -0.1) is 0 Å². The van der Waals surface area contributed by atoms with Crippen LogP contribution in [-0.4, -0.2) is 40.0 Å². The highest BCUT2D eigenvalue weighted by atomic mass is 16.5. The predicted octanol–water partition coefficient (Wildman–Crippen LogP) is 7.24. The van der Waals surface area contributed by atoms with Gasteiger partial charge in [-0.25, -0.2) is 0 Å². The topological polar surface area (TPSA) is 118 Å². The molecule has 4 aliphatic carbocycles. The molecule has 0 amide bonds. The van der Waals surface area contributed by atoms with Crippen LogP contribution < -0.4 is 0 Å². The molecule has 2 N–H and O–H groups in total. The number of hydrogen-bond acceptors (Lipinski definition) is 5. The van der Waals surface area contributed by atoms with E-state index in [-0.39, 0.29) is 52.6 Å². The first-order valence-electron chi connectivity index (χ1n) is 15.7. The number of aliphatic carboxylic acids is 2. The second-order valence-electron chi connectivity index (χ2n) is 16.2. The maximum absolute atomic E-state index is 14.4. The number of ketones is 1. The molecular formula is C35H52O7. The number of rotatable bonds is 8. The van der Waals surface area contributed by atoms with Crippen molar-refractivity contribution >= 4 is 23.7 Å². The summed E-state index contributed by atoms with van der Waals surface area (Å²) in [5.41, 5.74) is -1.11. The molecule has 0 radical (unpaired) electrons. The Hall–Kier alpha value is -2.44. The highest BCUT2D eigenvalue weighted by Gasteiger charge is 2.68. The highest BCUT2D eigenvalue weighted by molar-refractivity contribution is 5.95. The van der Waals surface area contributed by atoms with Gasteiger partial charge in [-0.1, -0.05) is 66.7 Å². The third-order valence-corrected chi connectivity index (χ3v) is 13.2. The molecule has 3 saturated carbocycles. The molecular weight excluding hydrogens is 532 g/mol. The van der Waals surface area contributed by atoms with E-state index in [4.69, 9.17) is 9.84 Å². The molecule has 0 unspecified atom stereocenters. The summed E-state index contributed by atoms with van der Waals surface area (Å²) >= 11 is 0. The van der Waals surface area contributed by atoms with Gasteiger partial charge in [0.1, 0.15) is 6.10 Å². The van der Waals surface area contributed by atoms with Crippen LogP contribution >= 0.6 is 0 Å². The minimum atomic E-state index is -1.05. The summed E-state index contributed by atoms with van der Waals surface area (Å²) < 4.78 is 5.80. The zero-order valence-electron chi connectivity index (χ0n) is 27.0. The first-order valence-corrected chi connectivity index (χ1v) is 15.7. The molecule has 42 heavy (non-hydrogen) atoms. The van der Waals surface area contributed by atoms with E-state index in [0.29, 0.717) is 12.8 Å². The summed E-state index contributed by atoms with van der Waals surface area (Å²) in [6.07, 6.45) is 8.24. The Morgan fingerprint density at radius 1 is 1.02 bits per heavy atom. The Morgan fingerprint density at radius 2 is 1.64 bits per heavy atom. The Labute approximate surface area is 251 Å². The maximum Gasteiger partial charge on any atom is 0.309 e. The Balaban J connectivity index is 1.71. The van der Waals surface area contributed by atoms with Crippen LogP contribution in [0.15, 0.2) is 24.3 Å². The number of carbonyl (C=O) groups excluding carboxylic acids is 2. The molecule has 0 aromatic heterocycles. The molecule has 8 atom stereocenters. The zero-order chi connectivity index (χ0) is 31.7. The van der Waals surface area contributed by atoms with Gasteiger partial charge < -0.3 is 14.9 Å². The van der Waals surface area contributed by atoms with E-state index in [2.05, 4.69) is 55.0 Å². The molecule has 4 rings (SSSR count). The Bertz CT molecular complexity index is 1210. The van der Waals surface area contributed by atoms with Crippen LogP contribution in [0, 0.1) is 50.2 Å². The highest BCUT2D eigenvalue weighted by Crippen LogP contribution is 2.73. The minimum absolute atomic E-state index is 0.000187. The molecule has 0 spiro atoms. The van der Waals surface area contributed by atoms with Crippen molar-refractivity contribution in [1.29, 1.82) is 0 Å². The quantitative estimate of drug-likeness (QED) is 0.228. The van der Waals surface area contributed by atoms with Crippen LogP contribution in [0.4, 0.5) is 0 Å². The first-order chi connectivity index (χ1) is 19.2. The van der Waals surface area contributed by atoms with Crippen molar-refractivity contribution in [2.75, 3.05) is 0 Å². The summed E-state index contributed by atoms with van der Waals surface area (Å²) in [6.45, 7) is 21.3. The van der Waals surface area contributed by atoms with Gasteiger partial charge in [0.2, 0.25) is 0 Å². The number of carbonyl (C=O) groups is 4. The van der Waals surface area contributed by atoms with Crippen LogP contribution in [-0.2, 0) is 23.9 Å². The molecule has 7 heteroatoms. The van der Waals surface area contributed by atoms with Crippen LogP contribution in [0.1, 0.15) is 113 Å². The average molecular weight is 585 g/mol. The monoisotopic (exact) mass is 584 g/mol. The summed E-state index contributed by atoms with van der Waals surface area (Å²) in [5.74, 6) is -2.36. The fraction of sp³-hybridized carbons (Fsp3) is 0.771. The lowest BCUT2D eigenvalue weighted by molar-refractivity contribution is -0.184. The molecule has 0 bridgehead atoms. The Morgan fingerprint density at radius 3 is 2.21 bits per heavy atom. The van der Waals surface area contributed by atoms with Gasteiger partial charge in [-0.05, 0) is 91.4 Å². The van der Waals surface area contributed by atoms with Gasteiger partial charge >= 0.3 is 17.9 Å². The fourth-order valence-corrected chi connectivity index (χ4v) is 10.4. The number of allylic oxidation sites excluding steroid dienone is 2. The standard InChI is InChI=1S/C35H52O7/c1-10-25(42-27(39)12-11-26(37)38)30(2,3)24-13-14-35(9)28(31(24,4)5)23(36)19-21-22-20-33(7,29(40)41)16-15-32(22,6)17-18-34(21,35)8/h10,19,22,24-25,28H,1,11-18,20H2,2-9H3,(H,37,38)(H,40,41)/t22-,24-,25-,28+,32+,33-,34+,35+/m0/s1. The SMILES string of the molecule is C=C[C@H](OC(=O)CCC(=O)O)C(C)(C)[C@@H]1CC[C@]2(C)[C@H](C(=O)C=C3[C@@H]4C[C@@](C)(C(=O)O)CC[C@]4(C)CC[C@]32C)C1(C)C. The molecule has 3 fully saturated rings. The van der Waals surface area contributed by atoms with E-state index >= 15 is 0 Å². The lowest BCUT2D eigenvalue weighted by atomic mass is 9.35. The van der Waals surface area contributed by atoms with E-state index in [0.717, 1.165) is 32.1 Å². The van der Waals surface area contributed by atoms with Gasteiger partial charge in [0, 0.05) is 11.3 Å². The average Bonchev–Trinajstić information content (AvgIpc) is 2.87. The van der Waals surface area contributed by atoms with Crippen molar-refractivity contribution in [3.63, 3.8) is 0 Å². The van der Waals surface area contributed by atoms with Crippen molar-refractivity contribution in [3.05, 3.63) is 24.3 Å². The van der Waals surface area contributed by atoms with E-state index in [1.165, 1.54) is 5.57 Å². The number of esters is 1. The van der Waals surface area contributed by atoms with Crippen molar-refractivity contribution in [2.45, 2.75) is 119 Å². The maximum atomic E-state index is 14.4. The van der Waals surface area contributed by atoms with Crippen LogP contribution in [0.5, 0.6) is 0 Å². The predicted molar refractivity (Wildman–Crippen MR) is 160 cm³/mol. The summed E-state index contributed by atoms with van der Waals surface area (Å²) in [4.78, 5) is 50.2. The molecule has 4 aliphatic rings. The third-order valence-electron chi connectivity index (χ3n) is 13.2. The van der Waals surface area contributed by atoms with Crippen molar-refractivity contribution in [3.8, 4) is 0 Å². The smallest absolute Gasteiger partial charge is 0.309 e. The number of hydrogen-bond donors (Lipinski definition) is 2. The van der Waals surface area contributed by atoms with Gasteiger partial charge in [0.05, 0.1) is 18.3 Å². The number of fused-ring (bicyclic) bond motifs is 5. The summed E-state index contributed by atoms with van der Waals surface area (Å²) in [5, 5.41) is 19.1. The summed E-state index contributed by atoms with van der Waals surface area (Å²) in [6, 6.07) is 0. The lowest BCUT2D eigenvalue weighted by Crippen LogP contribution is -2.64. The normalized spacial score (nSPS) is 40.0. The fourth-order valence-electron chi connectivity index (χ4n) is 10.4. The second kappa shape index (κ2) is 10.3. The number of carboxylic acids is 2. The van der Waals surface area contributed by atoms with Crippen LogP contribution in [0.2, 0.25) is 0 Å². The summed E-state index contributed by atoms with van der Waals surface area (Å²) in [7, 11) is 0. The zero-order valence-corrected chi connectivity index (χ0v) is 27.0. The van der Waals surface area contributed by atoms with Gasteiger partial charge in [0.25, 0.3) is 0 Å².